The van der Waals surface area contributed by atoms with Crippen molar-refractivity contribution in [3.63, 3.8) is 0 Å². The quantitative estimate of drug-likeness (QED) is 0.773. The third-order valence-corrected chi connectivity index (χ3v) is 4.85. The third-order valence-electron chi connectivity index (χ3n) is 3.73. The van der Waals surface area contributed by atoms with Crippen LogP contribution in [-0.4, -0.2) is 18.1 Å². The van der Waals surface area contributed by atoms with Crippen molar-refractivity contribution in [3.8, 4) is 0 Å². The van der Waals surface area contributed by atoms with E-state index in [2.05, 4.69) is 30.5 Å². The Labute approximate surface area is 113 Å². The van der Waals surface area contributed by atoms with Crippen LogP contribution in [0.15, 0.2) is 0 Å². The molecule has 0 saturated carbocycles. The molecule has 0 spiro atoms. The van der Waals surface area contributed by atoms with Gasteiger partial charge in [-0.15, -0.1) is 11.3 Å². The van der Waals surface area contributed by atoms with Crippen LogP contribution >= 0.6 is 11.3 Å². The van der Waals surface area contributed by atoms with E-state index in [1.54, 1.807) is 11.3 Å². The number of thiazole rings is 1. The first kappa shape index (κ1) is 13.5. The Morgan fingerprint density at radius 1 is 1.50 bits per heavy atom. The molecule has 0 saturated heterocycles. The summed E-state index contributed by atoms with van der Waals surface area (Å²) in [5, 5.41) is 0.904. The Balaban J connectivity index is 2.11. The Kier molecular flexibility index (Phi) is 3.76. The Hall–Kier alpha value is -0.900. The maximum Gasteiger partial charge on any atom is 0.312 e. The fourth-order valence-electron chi connectivity index (χ4n) is 2.44. The summed E-state index contributed by atoms with van der Waals surface area (Å²) in [7, 11) is 1.42. The van der Waals surface area contributed by atoms with Gasteiger partial charge in [-0.3, -0.25) is 4.79 Å². The minimum atomic E-state index is -0.200. The van der Waals surface area contributed by atoms with Crippen molar-refractivity contribution in [2.45, 2.75) is 46.5 Å². The molecule has 4 heteroatoms. The summed E-state index contributed by atoms with van der Waals surface area (Å²) in [6.07, 6.45) is 3.68. The van der Waals surface area contributed by atoms with E-state index in [1.165, 1.54) is 24.1 Å². The zero-order valence-corrected chi connectivity index (χ0v) is 12.4. The second-order valence-electron chi connectivity index (χ2n) is 6.04. The Morgan fingerprint density at radius 3 is 2.83 bits per heavy atom. The molecule has 1 heterocycles. The zero-order chi connectivity index (χ0) is 13.3. The average Bonchev–Trinajstić information content (AvgIpc) is 2.68. The van der Waals surface area contributed by atoms with Gasteiger partial charge in [0.2, 0.25) is 0 Å². The number of ether oxygens (including phenoxy) is 1. The van der Waals surface area contributed by atoms with Gasteiger partial charge in [0.1, 0.15) is 5.01 Å². The van der Waals surface area contributed by atoms with Crippen molar-refractivity contribution in [1.82, 2.24) is 4.98 Å². The fourth-order valence-corrected chi connectivity index (χ4v) is 3.62. The molecular formula is C14H21NO2S. The molecule has 1 atom stereocenters. The van der Waals surface area contributed by atoms with Crippen LogP contribution in [0.1, 0.15) is 42.8 Å². The fraction of sp³-hybridized carbons (Fsp3) is 0.714. The van der Waals surface area contributed by atoms with E-state index < -0.39 is 0 Å². The molecule has 1 unspecified atom stereocenters. The van der Waals surface area contributed by atoms with E-state index in [1.807, 2.05) is 0 Å². The molecule has 1 aliphatic rings. The summed E-state index contributed by atoms with van der Waals surface area (Å²) in [6.45, 7) is 6.91. The number of hydrogen-bond acceptors (Lipinski definition) is 4. The smallest absolute Gasteiger partial charge is 0.312 e. The van der Waals surface area contributed by atoms with Crippen LogP contribution in [0.3, 0.4) is 0 Å². The average molecular weight is 267 g/mol. The van der Waals surface area contributed by atoms with Gasteiger partial charge in [0.25, 0.3) is 0 Å². The lowest BCUT2D eigenvalue weighted by Crippen LogP contribution is -2.26. The summed E-state index contributed by atoms with van der Waals surface area (Å²) in [5.74, 6) is 0.518. The van der Waals surface area contributed by atoms with E-state index in [4.69, 9.17) is 0 Å². The van der Waals surface area contributed by atoms with Crippen molar-refractivity contribution in [3.05, 3.63) is 15.6 Å². The molecule has 100 valence electrons. The number of carbonyl (C=O) groups is 1. The van der Waals surface area contributed by atoms with Gasteiger partial charge in [-0.2, -0.15) is 0 Å². The monoisotopic (exact) mass is 267 g/mol. The summed E-state index contributed by atoms with van der Waals surface area (Å²) in [5.41, 5.74) is 1.56. The van der Waals surface area contributed by atoms with Crippen LogP contribution in [0, 0.1) is 11.3 Å². The maximum atomic E-state index is 11.3. The molecule has 2 rings (SSSR count). The highest BCUT2D eigenvalue weighted by Crippen LogP contribution is 2.39. The standard InChI is InChI=1S/C14H21NO2S/c1-14(2,3)9-5-6-10-11(7-9)18-12(15-10)8-13(16)17-4/h9H,5-8H2,1-4H3. The first-order valence-electron chi connectivity index (χ1n) is 6.44. The topological polar surface area (TPSA) is 39.2 Å². The predicted molar refractivity (Wildman–Crippen MR) is 72.8 cm³/mol. The number of nitrogens with zero attached hydrogens (tertiary/aromatic N) is 1. The second-order valence-corrected chi connectivity index (χ2v) is 7.20. The van der Waals surface area contributed by atoms with E-state index in [-0.39, 0.29) is 5.97 Å². The van der Waals surface area contributed by atoms with Gasteiger partial charge < -0.3 is 4.74 Å². The summed E-state index contributed by atoms with van der Waals surface area (Å²) >= 11 is 1.69. The molecule has 0 radical (unpaired) electrons. The molecule has 0 bridgehead atoms. The number of carbonyl (C=O) groups excluding carboxylic acids is 1. The van der Waals surface area contributed by atoms with Crippen LogP contribution in [0.25, 0.3) is 0 Å². The number of aromatic nitrogens is 1. The van der Waals surface area contributed by atoms with E-state index in [0.29, 0.717) is 11.8 Å². The number of hydrogen-bond donors (Lipinski definition) is 0. The lowest BCUT2D eigenvalue weighted by Gasteiger charge is -2.33. The second kappa shape index (κ2) is 5.00. The molecule has 0 fully saturated rings. The van der Waals surface area contributed by atoms with Crippen LogP contribution in [0.5, 0.6) is 0 Å². The molecule has 0 aliphatic heterocycles. The van der Waals surface area contributed by atoms with Crippen molar-refractivity contribution in [2.24, 2.45) is 11.3 Å². The molecule has 0 amide bonds. The van der Waals surface area contributed by atoms with Gasteiger partial charge in [0.05, 0.1) is 19.2 Å². The van der Waals surface area contributed by atoms with Crippen molar-refractivity contribution in [1.29, 1.82) is 0 Å². The predicted octanol–water partition coefficient (Wildman–Crippen LogP) is 3.01. The van der Waals surface area contributed by atoms with Crippen molar-refractivity contribution >= 4 is 17.3 Å². The van der Waals surface area contributed by atoms with Gasteiger partial charge in [-0.25, -0.2) is 4.98 Å². The van der Waals surface area contributed by atoms with Gasteiger partial charge in [0.15, 0.2) is 0 Å². The van der Waals surface area contributed by atoms with Gasteiger partial charge in [-0.05, 0) is 30.6 Å². The Bertz CT molecular complexity index is 445. The number of rotatable bonds is 2. The molecule has 3 nitrogen and oxygen atoms in total. The SMILES string of the molecule is COC(=O)Cc1nc2c(s1)CC(C(C)(C)C)CC2. The first-order valence-corrected chi connectivity index (χ1v) is 7.26. The van der Waals surface area contributed by atoms with E-state index in [9.17, 15) is 4.79 Å². The highest BCUT2D eigenvalue weighted by molar-refractivity contribution is 7.11. The minimum absolute atomic E-state index is 0.200. The summed E-state index contributed by atoms with van der Waals surface area (Å²) in [6, 6.07) is 0. The summed E-state index contributed by atoms with van der Waals surface area (Å²) in [4.78, 5) is 17.2. The van der Waals surface area contributed by atoms with Gasteiger partial charge >= 0.3 is 5.97 Å². The number of fused-ring (bicyclic) bond motifs is 1. The van der Waals surface area contributed by atoms with Crippen LogP contribution in [0.2, 0.25) is 0 Å². The van der Waals surface area contributed by atoms with Crippen molar-refractivity contribution < 1.29 is 9.53 Å². The normalized spacial score (nSPS) is 19.4. The lowest BCUT2D eigenvalue weighted by molar-refractivity contribution is -0.139. The van der Waals surface area contributed by atoms with Gasteiger partial charge in [-0.1, -0.05) is 20.8 Å². The highest BCUT2D eigenvalue weighted by Gasteiger charge is 2.30. The Morgan fingerprint density at radius 2 is 2.22 bits per heavy atom. The van der Waals surface area contributed by atoms with E-state index in [0.717, 1.165) is 23.8 Å². The van der Waals surface area contributed by atoms with Crippen LogP contribution in [-0.2, 0) is 28.8 Å². The number of aryl methyl sites for hydroxylation is 1. The number of esters is 1. The maximum absolute atomic E-state index is 11.3. The largest absolute Gasteiger partial charge is 0.469 e. The molecule has 0 N–H and O–H groups in total. The third kappa shape index (κ3) is 2.91. The van der Waals surface area contributed by atoms with Gasteiger partial charge in [0, 0.05) is 4.88 Å². The van der Waals surface area contributed by atoms with Crippen LogP contribution in [0.4, 0.5) is 0 Å². The molecule has 1 aromatic rings. The molecule has 1 aromatic heterocycles. The lowest BCUT2D eigenvalue weighted by atomic mass is 9.73. The zero-order valence-electron chi connectivity index (χ0n) is 11.6. The molecule has 0 aromatic carbocycles. The molecule has 18 heavy (non-hydrogen) atoms. The van der Waals surface area contributed by atoms with Crippen LogP contribution < -0.4 is 0 Å². The first-order chi connectivity index (χ1) is 8.40. The van der Waals surface area contributed by atoms with E-state index >= 15 is 0 Å². The van der Waals surface area contributed by atoms with Crippen molar-refractivity contribution in [2.75, 3.05) is 7.11 Å². The summed E-state index contributed by atoms with van der Waals surface area (Å²) < 4.78 is 4.69. The minimum Gasteiger partial charge on any atom is -0.469 e. The number of methoxy groups -OCH3 is 1. The molecular weight excluding hydrogens is 246 g/mol. The molecule has 1 aliphatic carbocycles. The highest BCUT2D eigenvalue weighted by atomic mass is 32.1.